The van der Waals surface area contributed by atoms with Gasteiger partial charge in [-0.25, -0.2) is 37.1 Å². The molecule has 0 bridgehead atoms. The van der Waals surface area contributed by atoms with Crippen molar-refractivity contribution in [3.63, 3.8) is 0 Å². The second-order valence-electron chi connectivity index (χ2n) is 24.4. The van der Waals surface area contributed by atoms with Gasteiger partial charge in [0.25, 0.3) is 0 Å². The van der Waals surface area contributed by atoms with Crippen molar-refractivity contribution in [2.75, 3.05) is 36.8 Å². The van der Waals surface area contributed by atoms with Gasteiger partial charge in [0.1, 0.15) is 57.0 Å². The summed E-state index contributed by atoms with van der Waals surface area (Å²) < 4.78 is 158. The first kappa shape index (κ1) is 58.8. The number of nitrogens with zero attached hydrogens (tertiary/aromatic N) is 10. The summed E-state index contributed by atoms with van der Waals surface area (Å²) in [5, 5.41) is 21.6. The largest absolute Gasteiger partial charge is 0.437 e. The van der Waals surface area contributed by atoms with E-state index >= 15 is 0 Å². The normalized spacial score (nSPS) is 23.7. The van der Waals surface area contributed by atoms with Gasteiger partial charge in [-0.3, -0.25) is 20.2 Å². The number of likely N-dealkylation sites (tertiary alicyclic amines) is 2. The molecule has 10 heterocycles. The molecule has 0 unspecified atom stereocenters. The van der Waals surface area contributed by atoms with Crippen molar-refractivity contribution in [3.05, 3.63) is 142 Å². The number of fused-ring (bicyclic) bond motifs is 6. The number of nitrogens with one attached hydrogen (secondary N) is 2. The van der Waals surface area contributed by atoms with E-state index in [4.69, 9.17) is 9.47 Å². The molecule has 0 radical (unpaired) electrons. The molecule has 2 N–H and O–H groups in total. The number of carbonyl (C=O) groups is 4. The van der Waals surface area contributed by atoms with Crippen LogP contribution in [0.5, 0.6) is 0 Å². The molecule has 2 saturated heterocycles. The summed E-state index contributed by atoms with van der Waals surface area (Å²) in [6.45, 7) is 1.05. The molecule has 28 heteroatoms. The van der Waals surface area contributed by atoms with Crippen LogP contribution in [-0.2, 0) is 54.2 Å². The summed E-state index contributed by atoms with van der Waals surface area (Å²) in [4.78, 5) is 63.6. The zero-order valence-electron chi connectivity index (χ0n) is 47.1. The number of rotatable bonds is 8. The average molecular weight is 1230 g/mol. The van der Waals surface area contributed by atoms with Crippen LogP contribution in [0.2, 0.25) is 0 Å². The highest BCUT2D eigenvalue weighted by Gasteiger charge is 2.69. The predicted octanol–water partition coefficient (Wildman–Crippen LogP) is 11.4. The van der Waals surface area contributed by atoms with Crippen LogP contribution in [0.25, 0.3) is 0 Å². The highest BCUT2D eigenvalue weighted by molar-refractivity contribution is 5.88. The maximum atomic E-state index is 14.9. The lowest BCUT2D eigenvalue weighted by Gasteiger charge is -2.43. The van der Waals surface area contributed by atoms with E-state index in [1.807, 2.05) is 12.1 Å². The van der Waals surface area contributed by atoms with Crippen LogP contribution in [0.4, 0.5) is 65.1 Å². The van der Waals surface area contributed by atoms with E-state index in [9.17, 15) is 63.1 Å². The quantitative estimate of drug-likeness (QED) is 0.137. The van der Waals surface area contributed by atoms with Crippen molar-refractivity contribution >= 4 is 35.6 Å². The van der Waals surface area contributed by atoms with Crippen molar-refractivity contribution < 1.29 is 72.6 Å². The third-order valence-electron chi connectivity index (χ3n) is 19.4. The summed E-state index contributed by atoms with van der Waals surface area (Å²) in [5.41, 5.74) is -4.48. The maximum Gasteiger partial charge on any atom is 0.413 e. The van der Waals surface area contributed by atoms with Gasteiger partial charge in [0.05, 0.1) is 0 Å². The van der Waals surface area contributed by atoms with E-state index in [0.29, 0.717) is 89.2 Å². The van der Waals surface area contributed by atoms with Crippen LogP contribution >= 0.6 is 0 Å². The standard InChI is InChI=1S/2C30H29F5N6O3/c2*31-21-5-1-3-19(23(21)32)18-7-6-17(25-38-39-26(41(25)16-18)28(8-9-28)30(33,34)35)15-22(42)40-13-10-29(11-14-40)20-4-2-12-36-24(20)37-27(43)44-29/h2*1-5,12,17-18H,6-11,13-16H2,(H,36,37,43)/t2*17-,18+/m10/s1. The Bertz CT molecular complexity index is 3500. The van der Waals surface area contributed by atoms with Crippen molar-refractivity contribution in [3.8, 4) is 0 Å². The van der Waals surface area contributed by atoms with Crippen LogP contribution in [0, 0.1) is 23.3 Å². The zero-order chi connectivity index (χ0) is 61.7. The molecule has 464 valence electrons. The number of amides is 4. The number of benzene rings is 2. The van der Waals surface area contributed by atoms with Gasteiger partial charge in [-0.05, 0) is 98.9 Å². The maximum absolute atomic E-state index is 14.9. The van der Waals surface area contributed by atoms with E-state index < -0.39 is 93.5 Å². The Balaban J connectivity index is 0.000000162. The van der Waals surface area contributed by atoms with E-state index in [1.165, 1.54) is 33.4 Å². The lowest BCUT2D eigenvalue weighted by Crippen LogP contribution is -2.50. The first-order valence-corrected chi connectivity index (χ1v) is 29.4. The minimum atomic E-state index is -4.55. The van der Waals surface area contributed by atoms with Crippen molar-refractivity contribution in [1.29, 1.82) is 0 Å². The Morgan fingerprint density at radius 2 is 0.909 bits per heavy atom. The van der Waals surface area contributed by atoms with Crippen LogP contribution in [0.1, 0.15) is 159 Å². The van der Waals surface area contributed by atoms with Gasteiger partial charge in [0.15, 0.2) is 23.3 Å². The van der Waals surface area contributed by atoms with Crippen molar-refractivity contribution in [2.45, 2.75) is 161 Å². The summed E-state index contributed by atoms with van der Waals surface area (Å²) in [6, 6.07) is 14.8. The Morgan fingerprint density at radius 1 is 0.523 bits per heavy atom. The lowest BCUT2D eigenvalue weighted by molar-refractivity contribution is -0.163. The van der Waals surface area contributed by atoms with Gasteiger partial charge >= 0.3 is 24.5 Å². The second-order valence-corrected chi connectivity index (χ2v) is 24.4. The van der Waals surface area contributed by atoms with Crippen molar-refractivity contribution in [2.24, 2.45) is 0 Å². The van der Waals surface area contributed by atoms with Gasteiger partial charge < -0.3 is 28.4 Å². The Hall–Kier alpha value is -8.20. The zero-order valence-corrected chi connectivity index (χ0v) is 47.1. The molecule has 14 rings (SSSR count). The smallest absolute Gasteiger partial charge is 0.413 e. The molecule has 2 aliphatic carbocycles. The van der Waals surface area contributed by atoms with E-state index in [1.54, 1.807) is 34.3 Å². The number of aromatic nitrogens is 8. The molecule has 6 aromatic rings. The fourth-order valence-electron chi connectivity index (χ4n) is 14.2. The number of alkyl halides is 6. The van der Waals surface area contributed by atoms with E-state index in [-0.39, 0.29) is 97.9 Å². The van der Waals surface area contributed by atoms with Gasteiger partial charge in [-0.15, -0.1) is 20.4 Å². The van der Waals surface area contributed by atoms with Gasteiger partial charge in [0, 0.05) is 125 Å². The summed E-state index contributed by atoms with van der Waals surface area (Å²) in [7, 11) is 0. The number of ether oxygens (including phenoxy) is 2. The number of hydrogen-bond acceptors (Lipinski definition) is 12. The molecule has 4 atom stereocenters. The Morgan fingerprint density at radius 3 is 1.27 bits per heavy atom. The SMILES string of the molecule is O=C1Nc2ncccc2C2(CCN(C(=O)C[C@@H]3CC[C@@H](c4cccc(F)c4F)Cn4c3nnc4C3(C(F)(F)F)CC3)CC2)O1.O=C1Nc2ncccc2C2(CCN(C(=O)C[C@H]3CC[C@H](c4cccc(F)c4F)Cn4c3nnc4C3(C(F)(F)F)CC3)CC2)O1. The molecule has 4 aromatic heterocycles. The number of pyridine rings is 2. The molecule has 4 amide bonds. The molecule has 8 aliphatic rings. The van der Waals surface area contributed by atoms with Gasteiger partial charge in [-0.1, -0.05) is 24.3 Å². The third-order valence-corrected chi connectivity index (χ3v) is 19.4. The first-order chi connectivity index (χ1) is 42.0. The minimum absolute atomic E-state index is 0.0397. The van der Waals surface area contributed by atoms with E-state index in [0.717, 1.165) is 23.3 Å². The average Bonchev–Trinajstić information content (AvgIpc) is 1.55. The monoisotopic (exact) mass is 1230 g/mol. The number of piperidine rings is 2. The van der Waals surface area contributed by atoms with Crippen LogP contribution < -0.4 is 10.6 Å². The van der Waals surface area contributed by atoms with Crippen molar-refractivity contribution in [1.82, 2.24) is 49.3 Å². The van der Waals surface area contributed by atoms with Crippen LogP contribution in [0.3, 0.4) is 0 Å². The Labute approximate surface area is 495 Å². The fourth-order valence-corrected chi connectivity index (χ4v) is 14.2. The second kappa shape index (κ2) is 21.8. The third kappa shape index (κ3) is 10.2. The van der Waals surface area contributed by atoms with Gasteiger partial charge in [-0.2, -0.15) is 26.3 Å². The van der Waals surface area contributed by atoms with Crippen LogP contribution in [0.15, 0.2) is 73.1 Å². The Kier molecular flexibility index (Phi) is 14.6. The molecule has 2 saturated carbocycles. The first-order valence-electron chi connectivity index (χ1n) is 29.4. The predicted molar refractivity (Wildman–Crippen MR) is 289 cm³/mol. The number of anilines is 2. The molecular weight excluding hydrogens is 1170 g/mol. The molecular formula is C60H58F10N12O6. The topological polar surface area (TPSA) is 204 Å². The van der Waals surface area contributed by atoms with E-state index in [2.05, 4.69) is 41.0 Å². The van der Waals surface area contributed by atoms with Crippen LogP contribution in [-0.4, -0.2) is 112 Å². The summed E-state index contributed by atoms with van der Waals surface area (Å²) in [6.07, 6.45) is -5.11. The number of halogens is 10. The summed E-state index contributed by atoms with van der Waals surface area (Å²) >= 11 is 0. The fraction of sp³-hybridized carbons (Fsp3) is 0.500. The number of carbonyl (C=O) groups excluding carboxylic acids is 4. The molecule has 4 fully saturated rings. The molecule has 18 nitrogen and oxygen atoms in total. The highest BCUT2D eigenvalue weighted by Crippen LogP contribution is 2.60. The molecule has 6 aliphatic heterocycles. The van der Waals surface area contributed by atoms with Gasteiger partial charge in [0.2, 0.25) is 11.8 Å². The lowest BCUT2D eigenvalue weighted by atomic mass is 9.83. The molecule has 2 aromatic carbocycles. The molecule has 2 spiro atoms. The minimum Gasteiger partial charge on any atom is -0.437 e. The number of hydrogen-bond donors (Lipinski definition) is 2. The summed E-state index contributed by atoms with van der Waals surface area (Å²) in [5.74, 6) is -6.11. The highest BCUT2D eigenvalue weighted by atomic mass is 19.4. The molecule has 88 heavy (non-hydrogen) atoms.